The topological polar surface area (TPSA) is 71.1 Å². The van der Waals surface area contributed by atoms with Crippen LogP contribution in [0.5, 0.6) is 0 Å². The Morgan fingerprint density at radius 2 is 2.10 bits per heavy atom. The molecule has 5 rings (SSSR count). The molecule has 4 aliphatic heterocycles. The van der Waals surface area contributed by atoms with Gasteiger partial charge in [-0.1, -0.05) is 18.2 Å². The van der Waals surface area contributed by atoms with Crippen LogP contribution in [0.25, 0.3) is 0 Å². The molecule has 160 valence electrons. The van der Waals surface area contributed by atoms with Crippen LogP contribution < -0.4 is 5.32 Å². The molecule has 2 bridgehead atoms. The molecule has 0 aromatic heterocycles. The summed E-state index contributed by atoms with van der Waals surface area (Å²) in [6.07, 6.45) is 4.30. The van der Waals surface area contributed by atoms with Crippen LogP contribution in [0.2, 0.25) is 0 Å². The normalized spacial score (nSPS) is 32.6. The third kappa shape index (κ3) is 3.42. The second-order valence-corrected chi connectivity index (χ2v) is 8.47. The number of hydrogen-bond acceptors (Lipinski definition) is 5. The standard InChI is InChI=1S/C22H26FN3O4/c23-15-3-1-4-16(13-15)24-20(27)18-17-5-6-22(30-17)14-26(21(28)19(18)22)8-2-7-25-9-11-29-12-10-25/h1,3-6,13,17-19H,2,7-12,14H2,(H,24,27)/t17-,18?,19-,22?/m0/s1. The van der Waals surface area contributed by atoms with Crippen LogP contribution in [0.15, 0.2) is 36.4 Å². The van der Waals surface area contributed by atoms with Gasteiger partial charge in [-0.05, 0) is 24.6 Å². The third-order valence-electron chi connectivity index (χ3n) is 6.58. The molecule has 1 aromatic carbocycles. The Bertz CT molecular complexity index is 872. The first kappa shape index (κ1) is 19.7. The molecule has 0 radical (unpaired) electrons. The number of carbonyl (C=O) groups excluding carboxylic acids is 2. The van der Waals surface area contributed by atoms with E-state index in [2.05, 4.69) is 10.2 Å². The number of rotatable bonds is 6. The minimum absolute atomic E-state index is 0.0248. The maximum Gasteiger partial charge on any atom is 0.231 e. The maximum atomic E-state index is 13.5. The SMILES string of the molecule is O=C(Nc1cccc(F)c1)C1[C@@H]2C=CC3(CN(CCCN4CCOCC4)C(=O)[C@H]13)O2. The van der Waals surface area contributed by atoms with E-state index in [1.807, 2.05) is 17.1 Å². The fourth-order valence-corrected chi connectivity index (χ4v) is 5.17. The lowest BCUT2D eigenvalue weighted by Gasteiger charge is -2.27. The van der Waals surface area contributed by atoms with E-state index in [9.17, 15) is 14.0 Å². The molecule has 4 aliphatic rings. The van der Waals surface area contributed by atoms with Crippen molar-refractivity contribution in [3.8, 4) is 0 Å². The highest BCUT2D eigenvalue weighted by Gasteiger charge is 2.66. The predicted molar refractivity (Wildman–Crippen MR) is 107 cm³/mol. The van der Waals surface area contributed by atoms with Gasteiger partial charge in [0.2, 0.25) is 11.8 Å². The minimum atomic E-state index is -0.718. The van der Waals surface area contributed by atoms with Crippen LogP contribution >= 0.6 is 0 Å². The van der Waals surface area contributed by atoms with E-state index in [0.29, 0.717) is 18.8 Å². The number of nitrogens with zero attached hydrogens (tertiary/aromatic N) is 2. The molecule has 30 heavy (non-hydrogen) atoms. The van der Waals surface area contributed by atoms with Crippen molar-refractivity contribution in [1.29, 1.82) is 0 Å². The van der Waals surface area contributed by atoms with E-state index >= 15 is 0 Å². The highest BCUT2D eigenvalue weighted by atomic mass is 19.1. The molecule has 1 aromatic rings. The molecule has 4 atom stereocenters. The lowest BCUT2D eigenvalue weighted by molar-refractivity contribution is -0.135. The third-order valence-corrected chi connectivity index (χ3v) is 6.58. The molecule has 2 unspecified atom stereocenters. The Kier molecular flexibility index (Phi) is 5.08. The van der Waals surface area contributed by atoms with Crippen molar-refractivity contribution >= 4 is 17.5 Å². The maximum absolute atomic E-state index is 13.5. The summed E-state index contributed by atoms with van der Waals surface area (Å²) >= 11 is 0. The quantitative estimate of drug-likeness (QED) is 0.709. The van der Waals surface area contributed by atoms with E-state index in [-0.39, 0.29) is 11.8 Å². The molecule has 4 heterocycles. The van der Waals surface area contributed by atoms with Crippen molar-refractivity contribution in [2.45, 2.75) is 18.1 Å². The molecule has 3 fully saturated rings. The van der Waals surface area contributed by atoms with Crippen LogP contribution in [-0.4, -0.2) is 79.3 Å². The van der Waals surface area contributed by atoms with Crippen molar-refractivity contribution in [2.24, 2.45) is 11.8 Å². The second-order valence-electron chi connectivity index (χ2n) is 8.47. The molecule has 0 aliphatic carbocycles. The first-order chi connectivity index (χ1) is 14.6. The van der Waals surface area contributed by atoms with Crippen molar-refractivity contribution in [3.63, 3.8) is 0 Å². The van der Waals surface area contributed by atoms with Crippen LogP contribution in [-0.2, 0) is 19.1 Å². The molecule has 0 saturated carbocycles. The predicted octanol–water partition coefficient (Wildman–Crippen LogP) is 1.27. The summed E-state index contributed by atoms with van der Waals surface area (Å²) in [5, 5.41) is 2.76. The number of anilines is 1. The Balaban J connectivity index is 1.24. The zero-order valence-electron chi connectivity index (χ0n) is 16.8. The van der Waals surface area contributed by atoms with E-state index in [4.69, 9.17) is 9.47 Å². The Labute approximate surface area is 174 Å². The van der Waals surface area contributed by atoms with Crippen LogP contribution in [0, 0.1) is 17.7 Å². The first-order valence-corrected chi connectivity index (χ1v) is 10.6. The Morgan fingerprint density at radius 1 is 1.27 bits per heavy atom. The summed E-state index contributed by atoms with van der Waals surface area (Å²) in [5.41, 5.74) is -0.335. The van der Waals surface area contributed by atoms with E-state index < -0.39 is 29.4 Å². The van der Waals surface area contributed by atoms with Gasteiger partial charge in [-0.3, -0.25) is 14.5 Å². The molecule has 2 amide bonds. The van der Waals surface area contributed by atoms with Gasteiger partial charge in [-0.15, -0.1) is 0 Å². The summed E-state index contributed by atoms with van der Waals surface area (Å²) in [6.45, 7) is 5.43. The second kappa shape index (κ2) is 7.76. The summed E-state index contributed by atoms with van der Waals surface area (Å²) in [7, 11) is 0. The average Bonchev–Trinajstić information content (AvgIpc) is 3.37. The summed E-state index contributed by atoms with van der Waals surface area (Å²) in [4.78, 5) is 30.4. The highest BCUT2D eigenvalue weighted by Crippen LogP contribution is 2.52. The fourth-order valence-electron chi connectivity index (χ4n) is 5.17. The molecule has 7 nitrogen and oxygen atoms in total. The van der Waals surface area contributed by atoms with Crippen LogP contribution in [0.1, 0.15) is 6.42 Å². The van der Waals surface area contributed by atoms with Gasteiger partial charge in [0.1, 0.15) is 11.4 Å². The molecular weight excluding hydrogens is 389 g/mol. The van der Waals surface area contributed by atoms with Gasteiger partial charge in [-0.25, -0.2) is 4.39 Å². The number of hydrogen-bond donors (Lipinski definition) is 1. The van der Waals surface area contributed by atoms with Crippen LogP contribution in [0.3, 0.4) is 0 Å². The number of nitrogens with one attached hydrogen (secondary N) is 1. The number of fused-ring (bicyclic) bond motifs is 1. The zero-order valence-corrected chi connectivity index (χ0v) is 16.8. The minimum Gasteiger partial charge on any atom is -0.379 e. The van der Waals surface area contributed by atoms with Crippen molar-refractivity contribution < 1.29 is 23.5 Å². The van der Waals surface area contributed by atoms with Gasteiger partial charge < -0.3 is 19.7 Å². The smallest absolute Gasteiger partial charge is 0.231 e. The molecule has 1 N–H and O–H groups in total. The number of likely N-dealkylation sites (tertiary alicyclic amines) is 1. The van der Waals surface area contributed by atoms with E-state index in [1.54, 1.807) is 12.1 Å². The van der Waals surface area contributed by atoms with E-state index in [0.717, 1.165) is 39.3 Å². The zero-order chi connectivity index (χ0) is 20.7. The van der Waals surface area contributed by atoms with Crippen LogP contribution in [0.4, 0.5) is 10.1 Å². The van der Waals surface area contributed by atoms with Gasteiger partial charge in [0.15, 0.2) is 0 Å². The number of carbonyl (C=O) groups is 2. The molecule has 1 spiro atoms. The average molecular weight is 415 g/mol. The van der Waals surface area contributed by atoms with Crippen molar-refractivity contribution in [1.82, 2.24) is 9.80 Å². The largest absolute Gasteiger partial charge is 0.379 e. The van der Waals surface area contributed by atoms with Gasteiger partial charge in [0.05, 0.1) is 37.7 Å². The lowest BCUT2D eigenvalue weighted by Crippen LogP contribution is -2.41. The fraction of sp³-hybridized carbons (Fsp3) is 0.545. The Hall–Kier alpha value is -2.29. The molecule has 3 saturated heterocycles. The Morgan fingerprint density at radius 3 is 2.90 bits per heavy atom. The van der Waals surface area contributed by atoms with Crippen molar-refractivity contribution in [2.75, 3.05) is 51.3 Å². The number of ether oxygens (including phenoxy) is 2. The number of amides is 2. The number of benzene rings is 1. The number of halogens is 1. The molecular formula is C22H26FN3O4. The lowest BCUT2D eigenvalue weighted by atomic mass is 9.77. The number of morpholine rings is 1. The van der Waals surface area contributed by atoms with E-state index in [1.165, 1.54) is 12.1 Å². The van der Waals surface area contributed by atoms with Crippen molar-refractivity contribution in [3.05, 3.63) is 42.2 Å². The highest BCUT2D eigenvalue weighted by molar-refractivity contribution is 5.99. The summed E-state index contributed by atoms with van der Waals surface area (Å²) < 4.78 is 25.0. The summed E-state index contributed by atoms with van der Waals surface area (Å²) in [6, 6.07) is 5.77. The monoisotopic (exact) mass is 415 g/mol. The van der Waals surface area contributed by atoms with Gasteiger partial charge in [0.25, 0.3) is 0 Å². The van der Waals surface area contributed by atoms with Gasteiger partial charge in [-0.2, -0.15) is 0 Å². The van der Waals surface area contributed by atoms with Gasteiger partial charge >= 0.3 is 0 Å². The molecule has 8 heteroatoms. The first-order valence-electron chi connectivity index (χ1n) is 10.6. The van der Waals surface area contributed by atoms with Gasteiger partial charge in [0, 0.05) is 31.9 Å². The summed E-state index contributed by atoms with van der Waals surface area (Å²) in [5.74, 6) is -1.87.